The van der Waals surface area contributed by atoms with Crippen molar-refractivity contribution in [3.05, 3.63) is 0 Å². The lowest BCUT2D eigenvalue weighted by atomic mass is 10.2. The van der Waals surface area contributed by atoms with Gasteiger partial charge in [-0.15, -0.1) is 0 Å². The highest BCUT2D eigenvalue weighted by molar-refractivity contribution is 5.83. The van der Waals surface area contributed by atoms with Crippen LogP contribution in [0.1, 0.15) is 13.3 Å². The van der Waals surface area contributed by atoms with E-state index >= 15 is 0 Å². The summed E-state index contributed by atoms with van der Waals surface area (Å²) in [5, 5.41) is 20.2. The van der Waals surface area contributed by atoms with Gasteiger partial charge in [0.1, 0.15) is 0 Å². The Hall–Kier alpha value is -1.34. The fraction of sp³-hybridized carbons (Fsp3) is 0.778. The van der Waals surface area contributed by atoms with Crippen LogP contribution in [0.25, 0.3) is 0 Å². The molecule has 0 bridgehead atoms. The largest absolute Gasteiger partial charge is 0.480 e. The molecule has 0 radical (unpaired) electrons. The lowest BCUT2D eigenvalue weighted by molar-refractivity contribution is -0.141. The van der Waals surface area contributed by atoms with E-state index in [4.69, 9.17) is 10.8 Å². The lowest BCUT2D eigenvalue weighted by Gasteiger charge is -2.22. The minimum Gasteiger partial charge on any atom is -0.480 e. The number of urea groups is 1. The fourth-order valence-corrected chi connectivity index (χ4v) is 1.58. The van der Waals surface area contributed by atoms with E-state index in [2.05, 4.69) is 5.32 Å². The Morgan fingerprint density at radius 1 is 1.56 bits per heavy atom. The molecule has 0 spiro atoms. The molecule has 1 heterocycles. The summed E-state index contributed by atoms with van der Waals surface area (Å²) in [6, 6.07) is -1.84. The molecule has 1 saturated heterocycles. The molecule has 5 N–H and O–H groups in total. The molecular formula is C9H17N3O4. The zero-order valence-electron chi connectivity index (χ0n) is 9.09. The minimum absolute atomic E-state index is 0.0550. The van der Waals surface area contributed by atoms with Crippen molar-refractivity contribution in [1.82, 2.24) is 10.2 Å². The Morgan fingerprint density at radius 3 is 2.56 bits per heavy atom. The van der Waals surface area contributed by atoms with Crippen LogP contribution in [0.15, 0.2) is 0 Å². The predicted molar refractivity (Wildman–Crippen MR) is 55.8 cm³/mol. The smallest absolute Gasteiger partial charge is 0.328 e. The molecule has 1 rings (SSSR count). The Labute approximate surface area is 93.2 Å². The molecule has 0 saturated carbocycles. The molecule has 92 valence electrons. The number of rotatable bonds is 3. The van der Waals surface area contributed by atoms with E-state index in [1.165, 1.54) is 11.8 Å². The Balaban J connectivity index is 2.52. The number of likely N-dealkylation sites (tertiary alicyclic amines) is 1. The molecule has 2 amide bonds. The molecule has 0 aromatic carbocycles. The minimum atomic E-state index is -1.29. The van der Waals surface area contributed by atoms with Crippen LogP contribution in [0.5, 0.6) is 0 Å². The van der Waals surface area contributed by atoms with Crippen LogP contribution < -0.4 is 11.1 Å². The second-order valence-electron chi connectivity index (χ2n) is 4.00. The summed E-state index contributed by atoms with van der Waals surface area (Å²) < 4.78 is 0. The van der Waals surface area contributed by atoms with Crippen molar-refractivity contribution in [3.63, 3.8) is 0 Å². The van der Waals surface area contributed by atoms with Crippen LogP contribution in [0.2, 0.25) is 0 Å². The van der Waals surface area contributed by atoms with Gasteiger partial charge < -0.3 is 26.2 Å². The average molecular weight is 231 g/mol. The Bertz CT molecular complexity index is 282. The molecule has 7 heteroatoms. The van der Waals surface area contributed by atoms with E-state index in [0.717, 1.165) is 0 Å². The normalized spacial score (nSPS) is 23.9. The van der Waals surface area contributed by atoms with Gasteiger partial charge in [-0.1, -0.05) is 0 Å². The number of aliphatic carboxylic acids is 1. The van der Waals surface area contributed by atoms with Crippen molar-refractivity contribution in [1.29, 1.82) is 0 Å². The van der Waals surface area contributed by atoms with E-state index in [1.54, 1.807) is 0 Å². The maximum absolute atomic E-state index is 11.6. The number of nitrogens with two attached hydrogens (primary N) is 1. The van der Waals surface area contributed by atoms with E-state index in [-0.39, 0.29) is 6.04 Å². The second-order valence-corrected chi connectivity index (χ2v) is 4.00. The number of carboxylic acids is 1. The van der Waals surface area contributed by atoms with Crippen molar-refractivity contribution in [2.24, 2.45) is 5.73 Å². The van der Waals surface area contributed by atoms with Gasteiger partial charge in [-0.25, -0.2) is 9.59 Å². The molecule has 1 fully saturated rings. The van der Waals surface area contributed by atoms with Gasteiger partial charge in [-0.2, -0.15) is 0 Å². The Morgan fingerprint density at radius 2 is 2.19 bits per heavy atom. The first-order valence-corrected chi connectivity index (χ1v) is 5.13. The van der Waals surface area contributed by atoms with Gasteiger partial charge in [0.25, 0.3) is 0 Å². The molecule has 16 heavy (non-hydrogen) atoms. The number of carbonyl (C=O) groups is 2. The molecule has 0 aromatic rings. The number of aliphatic hydroxyl groups is 1. The first-order chi connectivity index (χ1) is 7.41. The summed E-state index contributed by atoms with van der Waals surface area (Å²) in [5.41, 5.74) is 5.63. The monoisotopic (exact) mass is 231 g/mol. The van der Waals surface area contributed by atoms with Crippen molar-refractivity contribution in [2.75, 3.05) is 13.1 Å². The summed E-state index contributed by atoms with van der Waals surface area (Å²) in [6.45, 7) is 2.24. The van der Waals surface area contributed by atoms with Gasteiger partial charge >= 0.3 is 12.0 Å². The van der Waals surface area contributed by atoms with Gasteiger partial charge in [0.05, 0.1) is 6.10 Å². The summed E-state index contributed by atoms with van der Waals surface area (Å²) >= 11 is 0. The highest BCUT2D eigenvalue weighted by atomic mass is 16.4. The van der Waals surface area contributed by atoms with E-state index in [9.17, 15) is 14.7 Å². The van der Waals surface area contributed by atoms with Crippen molar-refractivity contribution in [3.8, 4) is 0 Å². The molecule has 1 unspecified atom stereocenters. The summed E-state index contributed by atoms with van der Waals surface area (Å²) in [5.74, 6) is -1.26. The number of hydrogen-bond acceptors (Lipinski definition) is 4. The standard InChI is InChI=1S/C9H17N3O4/c1-5(13)7(8(14)15)11-9(16)12-3-2-6(10)4-12/h5-7,13H,2-4,10H2,1H3,(H,11,16)(H,14,15)/t5-,6?,7+/m1/s1. The predicted octanol–water partition coefficient (Wildman–Crippen LogP) is -1.44. The first-order valence-electron chi connectivity index (χ1n) is 5.13. The lowest BCUT2D eigenvalue weighted by Crippen LogP contribution is -2.52. The third-order valence-corrected chi connectivity index (χ3v) is 2.54. The van der Waals surface area contributed by atoms with Crippen molar-refractivity contribution in [2.45, 2.75) is 31.5 Å². The quantitative estimate of drug-likeness (QED) is 0.475. The summed E-state index contributed by atoms with van der Waals surface area (Å²) in [7, 11) is 0. The molecule has 1 aliphatic rings. The van der Waals surface area contributed by atoms with Gasteiger partial charge in [-0.05, 0) is 13.3 Å². The van der Waals surface area contributed by atoms with E-state index in [0.29, 0.717) is 19.5 Å². The molecule has 3 atom stereocenters. The summed E-state index contributed by atoms with van der Waals surface area (Å²) in [4.78, 5) is 23.8. The van der Waals surface area contributed by atoms with E-state index in [1.807, 2.05) is 0 Å². The van der Waals surface area contributed by atoms with Crippen LogP contribution in [0, 0.1) is 0 Å². The third kappa shape index (κ3) is 3.07. The first kappa shape index (κ1) is 12.7. The highest BCUT2D eigenvalue weighted by Gasteiger charge is 2.29. The zero-order chi connectivity index (χ0) is 12.3. The SMILES string of the molecule is C[C@@H](O)[C@H](NC(=O)N1CCC(N)C1)C(=O)O. The number of carbonyl (C=O) groups excluding carboxylic acids is 1. The second kappa shape index (κ2) is 5.13. The van der Waals surface area contributed by atoms with Crippen LogP contribution >= 0.6 is 0 Å². The topological polar surface area (TPSA) is 116 Å². The highest BCUT2D eigenvalue weighted by Crippen LogP contribution is 2.07. The number of nitrogens with one attached hydrogen (secondary N) is 1. The fourth-order valence-electron chi connectivity index (χ4n) is 1.58. The van der Waals surface area contributed by atoms with Gasteiger partial charge in [-0.3, -0.25) is 0 Å². The molecular weight excluding hydrogens is 214 g/mol. The molecule has 7 nitrogen and oxygen atoms in total. The van der Waals surface area contributed by atoms with Crippen molar-refractivity contribution < 1.29 is 19.8 Å². The van der Waals surface area contributed by atoms with Gasteiger partial charge in [0.15, 0.2) is 6.04 Å². The maximum Gasteiger partial charge on any atom is 0.328 e. The van der Waals surface area contributed by atoms with Crippen LogP contribution in [0.3, 0.4) is 0 Å². The number of hydrogen-bond donors (Lipinski definition) is 4. The molecule has 0 aromatic heterocycles. The van der Waals surface area contributed by atoms with Crippen LogP contribution in [0.4, 0.5) is 4.79 Å². The zero-order valence-corrected chi connectivity index (χ0v) is 9.09. The van der Waals surface area contributed by atoms with Crippen LogP contribution in [-0.4, -0.2) is 58.4 Å². The number of nitrogens with zero attached hydrogens (tertiary/aromatic N) is 1. The number of amides is 2. The number of aliphatic hydroxyl groups excluding tert-OH is 1. The van der Waals surface area contributed by atoms with Crippen LogP contribution in [-0.2, 0) is 4.79 Å². The van der Waals surface area contributed by atoms with Gasteiger partial charge in [0, 0.05) is 19.1 Å². The average Bonchev–Trinajstić information content (AvgIpc) is 2.59. The molecule has 0 aliphatic carbocycles. The van der Waals surface area contributed by atoms with Crippen molar-refractivity contribution >= 4 is 12.0 Å². The summed E-state index contributed by atoms with van der Waals surface area (Å²) in [6.07, 6.45) is -0.433. The van der Waals surface area contributed by atoms with E-state index < -0.39 is 24.1 Å². The number of carboxylic acid groups (broad SMARTS) is 1. The third-order valence-electron chi connectivity index (χ3n) is 2.54. The Kier molecular flexibility index (Phi) is 4.08. The molecule has 1 aliphatic heterocycles. The maximum atomic E-state index is 11.6. The van der Waals surface area contributed by atoms with Gasteiger partial charge in [0.2, 0.25) is 0 Å².